The van der Waals surface area contributed by atoms with Crippen molar-refractivity contribution in [3.8, 4) is 0 Å². The molecule has 16 heavy (non-hydrogen) atoms. The Bertz CT molecular complexity index is 326. The van der Waals surface area contributed by atoms with Crippen LogP contribution in [0.3, 0.4) is 0 Å². The maximum Gasteiger partial charge on any atom is 0.128 e. The number of hydrogen-bond donors (Lipinski definition) is 2. The highest BCUT2D eigenvalue weighted by Gasteiger charge is 2.15. The second-order valence-electron chi connectivity index (χ2n) is 4.26. The fourth-order valence-corrected chi connectivity index (χ4v) is 1.19. The molecule has 0 aliphatic carbocycles. The van der Waals surface area contributed by atoms with Crippen molar-refractivity contribution in [1.82, 2.24) is 4.98 Å². The van der Waals surface area contributed by atoms with E-state index in [0.29, 0.717) is 0 Å². The Morgan fingerprint density at radius 1 is 1.25 bits per heavy atom. The van der Waals surface area contributed by atoms with Gasteiger partial charge in [-0.3, -0.25) is 0 Å². The molecule has 0 radical (unpaired) electrons. The molecule has 0 spiro atoms. The number of pyridine rings is 1. The summed E-state index contributed by atoms with van der Waals surface area (Å²) in [5, 5.41) is 6.44. The Balaban J connectivity index is 2.57. The summed E-state index contributed by atoms with van der Waals surface area (Å²) in [6.45, 7) is 7.73. The number of anilines is 2. The molecular weight excluding hydrogens is 202 g/mol. The van der Waals surface area contributed by atoms with E-state index < -0.39 is 0 Å². The normalized spacial score (nSPS) is 11.2. The molecule has 0 saturated carbocycles. The van der Waals surface area contributed by atoms with E-state index in [-0.39, 0.29) is 5.60 Å². The lowest BCUT2D eigenvalue weighted by molar-refractivity contribution is 0.0343. The first-order valence-corrected chi connectivity index (χ1v) is 5.57. The lowest BCUT2D eigenvalue weighted by atomic mass is 10.1. The van der Waals surface area contributed by atoms with Crippen molar-refractivity contribution in [3.63, 3.8) is 0 Å². The highest BCUT2D eigenvalue weighted by molar-refractivity contribution is 5.45. The van der Waals surface area contributed by atoms with Gasteiger partial charge in [0.05, 0.1) is 5.60 Å². The van der Waals surface area contributed by atoms with Gasteiger partial charge in [0, 0.05) is 20.2 Å². The zero-order valence-corrected chi connectivity index (χ0v) is 10.5. The Morgan fingerprint density at radius 3 is 2.44 bits per heavy atom. The van der Waals surface area contributed by atoms with E-state index in [2.05, 4.69) is 22.5 Å². The van der Waals surface area contributed by atoms with E-state index in [1.807, 2.05) is 32.0 Å². The Labute approximate surface area is 97.4 Å². The molecule has 0 aliphatic heterocycles. The van der Waals surface area contributed by atoms with Gasteiger partial charge in [-0.25, -0.2) is 4.98 Å². The third-order valence-electron chi connectivity index (χ3n) is 2.35. The highest BCUT2D eigenvalue weighted by atomic mass is 16.5. The van der Waals surface area contributed by atoms with Crippen LogP contribution >= 0.6 is 0 Å². The minimum absolute atomic E-state index is 0.185. The van der Waals surface area contributed by atoms with Crippen molar-refractivity contribution in [2.75, 3.05) is 30.8 Å². The molecule has 0 unspecified atom stereocenters. The standard InChI is InChI=1S/C12H21N3O/c1-5-13-10-7-6-8-11(15-10)14-9-12(2,3)16-4/h6-8H,5,9H2,1-4H3,(H2,13,14,15). The van der Waals surface area contributed by atoms with Crippen LogP contribution < -0.4 is 10.6 Å². The van der Waals surface area contributed by atoms with Gasteiger partial charge in [0.15, 0.2) is 0 Å². The minimum atomic E-state index is -0.185. The van der Waals surface area contributed by atoms with Gasteiger partial charge in [-0.15, -0.1) is 0 Å². The maximum atomic E-state index is 5.33. The lowest BCUT2D eigenvalue weighted by Crippen LogP contribution is -2.32. The lowest BCUT2D eigenvalue weighted by Gasteiger charge is -2.23. The largest absolute Gasteiger partial charge is 0.377 e. The number of nitrogens with zero attached hydrogens (tertiary/aromatic N) is 1. The van der Waals surface area contributed by atoms with E-state index in [9.17, 15) is 0 Å². The number of ether oxygens (including phenoxy) is 1. The predicted octanol–water partition coefficient (Wildman–Crippen LogP) is 2.35. The number of aromatic nitrogens is 1. The average molecular weight is 223 g/mol. The average Bonchev–Trinajstić information content (AvgIpc) is 2.28. The quantitative estimate of drug-likeness (QED) is 0.777. The summed E-state index contributed by atoms with van der Waals surface area (Å²) in [7, 11) is 1.71. The van der Waals surface area contributed by atoms with Crippen molar-refractivity contribution >= 4 is 11.6 Å². The molecule has 1 rings (SSSR count). The molecule has 1 aromatic heterocycles. The van der Waals surface area contributed by atoms with E-state index in [1.54, 1.807) is 7.11 Å². The van der Waals surface area contributed by atoms with Gasteiger partial charge < -0.3 is 15.4 Å². The fraction of sp³-hybridized carbons (Fsp3) is 0.583. The first kappa shape index (κ1) is 12.8. The predicted molar refractivity (Wildman–Crippen MR) is 68.0 cm³/mol. The summed E-state index contributed by atoms with van der Waals surface area (Å²) in [6.07, 6.45) is 0. The number of hydrogen-bond acceptors (Lipinski definition) is 4. The molecular formula is C12H21N3O. The maximum absolute atomic E-state index is 5.33. The van der Waals surface area contributed by atoms with Gasteiger partial charge in [-0.1, -0.05) is 6.07 Å². The molecule has 0 aromatic carbocycles. The zero-order valence-electron chi connectivity index (χ0n) is 10.5. The summed E-state index contributed by atoms with van der Waals surface area (Å²) in [5.41, 5.74) is -0.185. The van der Waals surface area contributed by atoms with Crippen molar-refractivity contribution in [2.45, 2.75) is 26.4 Å². The Morgan fingerprint density at radius 2 is 1.88 bits per heavy atom. The van der Waals surface area contributed by atoms with E-state index >= 15 is 0 Å². The van der Waals surface area contributed by atoms with Crippen LogP contribution in [0.2, 0.25) is 0 Å². The van der Waals surface area contributed by atoms with E-state index in [1.165, 1.54) is 0 Å². The first-order chi connectivity index (χ1) is 7.57. The summed E-state index contributed by atoms with van der Waals surface area (Å²) in [4.78, 5) is 4.42. The van der Waals surface area contributed by atoms with Crippen LogP contribution in [0.15, 0.2) is 18.2 Å². The minimum Gasteiger partial charge on any atom is -0.377 e. The van der Waals surface area contributed by atoms with Gasteiger partial charge in [0.1, 0.15) is 11.6 Å². The van der Waals surface area contributed by atoms with Crippen molar-refractivity contribution in [3.05, 3.63) is 18.2 Å². The van der Waals surface area contributed by atoms with Crippen LogP contribution in [0.1, 0.15) is 20.8 Å². The molecule has 1 heterocycles. The summed E-state index contributed by atoms with van der Waals surface area (Å²) in [6, 6.07) is 5.88. The molecule has 0 amide bonds. The van der Waals surface area contributed by atoms with Crippen LogP contribution in [0, 0.1) is 0 Å². The van der Waals surface area contributed by atoms with Gasteiger partial charge >= 0.3 is 0 Å². The molecule has 0 atom stereocenters. The van der Waals surface area contributed by atoms with Crippen LogP contribution in [0.4, 0.5) is 11.6 Å². The van der Waals surface area contributed by atoms with Crippen molar-refractivity contribution in [2.24, 2.45) is 0 Å². The molecule has 90 valence electrons. The third-order valence-corrected chi connectivity index (χ3v) is 2.35. The number of nitrogens with one attached hydrogen (secondary N) is 2. The third kappa shape index (κ3) is 4.06. The Hall–Kier alpha value is -1.29. The topological polar surface area (TPSA) is 46.2 Å². The van der Waals surface area contributed by atoms with Crippen LogP contribution in [-0.4, -0.2) is 30.8 Å². The molecule has 4 heteroatoms. The summed E-state index contributed by atoms with van der Waals surface area (Å²) in [5.74, 6) is 1.76. The van der Waals surface area contributed by atoms with Gasteiger partial charge in [-0.05, 0) is 32.9 Å². The van der Waals surface area contributed by atoms with Crippen LogP contribution in [-0.2, 0) is 4.74 Å². The van der Waals surface area contributed by atoms with E-state index in [4.69, 9.17) is 4.74 Å². The van der Waals surface area contributed by atoms with E-state index in [0.717, 1.165) is 24.7 Å². The van der Waals surface area contributed by atoms with Crippen LogP contribution in [0.25, 0.3) is 0 Å². The van der Waals surface area contributed by atoms with Gasteiger partial charge in [0.2, 0.25) is 0 Å². The van der Waals surface area contributed by atoms with Crippen molar-refractivity contribution < 1.29 is 4.74 Å². The zero-order chi connectivity index (χ0) is 12.0. The monoisotopic (exact) mass is 223 g/mol. The molecule has 0 aliphatic rings. The molecule has 2 N–H and O–H groups in total. The molecule has 4 nitrogen and oxygen atoms in total. The number of methoxy groups -OCH3 is 1. The SMILES string of the molecule is CCNc1cccc(NCC(C)(C)OC)n1. The fourth-order valence-electron chi connectivity index (χ4n) is 1.19. The van der Waals surface area contributed by atoms with Crippen LogP contribution in [0.5, 0.6) is 0 Å². The second-order valence-corrected chi connectivity index (χ2v) is 4.26. The first-order valence-electron chi connectivity index (χ1n) is 5.57. The molecule has 0 bridgehead atoms. The molecule has 0 saturated heterocycles. The summed E-state index contributed by atoms with van der Waals surface area (Å²) >= 11 is 0. The van der Waals surface area contributed by atoms with Gasteiger partial charge in [0.25, 0.3) is 0 Å². The smallest absolute Gasteiger partial charge is 0.128 e. The Kier molecular flexibility index (Phi) is 4.55. The highest BCUT2D eigenvalue weighted by Crippen LogP contribution is 2.12. The summed E-state index contributed by atoms with van der Waals surface area (Å²) < 4.78 is 5.33. The molecule has 1 aromatic rings. The molecule has 0 fully saturated rings. The number of rotatable bonds is 6. The van der Waals surface area contributed by atoms with Gasteiger partial charge in [-0.2, -0.15) is 0 Å². The van der Waals surface area contributed by atoms with Crippen molar-refractivity contribution in [1.29, 1.82) is 0 Å². The second kappa shape index (κ2) is 5.70.